The Labute approximate surface area is 118 Å². The number of nitrogens with zero attached hydrogens (tertiary/aromatic N) is 1. The molecule has 0 N–H and O–H groups in total. The highest BCUT2D eigenvalue weighted by molar-refractivity contribution is 9.10. The second-order valence-corrected chi connectivity index (χ2v) is 5.59. The van der Waals surface area contributed by atoms with E-state index in [2.05, 4.69) is 78.1 Å². The molecular formula is C16H18BrN. The molecular weight excluding hydrogens is 286 g/mol. The van der Waals surface area contributed by atoms with Crippen molar-refractivity contribution in [2.24, 2.45) is 0 Å². The molecule has 1 nitrogen and oxygen atoms in total. The van der Waals surface area contributed by atoms with E-state index >= 15 is 0 Å². The number of para-hydroxylation sites is 1. The van der Waals surface area contributed by atoms with E-state index in [0.717, 1.165) is 11.0 Å². The lowest BCUT2D eigenvalue weighted by Crippen LogP contribution is -2.17. The van der Waals surface area contributed by atoms with Gasteiger partial charge in [0.15, 0.2) is 0 Å². The zero-order chi connectivity index (χ0) is 13.1. The molecule has 0 amide bonds. The van der Waals surface area contributed by atoms with Crippen LogP contribution in [0.3, 0.4) is 0 Å². The molecule has 0 aliphatic heterocycles. The maximum absolute atomic E-state index is 3.60. The second kappa shape index (κ2) is 5.57. The van der Waals surface area contributed by atoms with Gasteiger partial charge in [0.1, 0.15) is 0 Å². The summed E-state index contributed by atoms with van der Waals surface area (Å²) in [6.07, 6.45) is 0. The molecule has 0 unspecified atom stereocenters. The smallest absolute Gasteiger partial charge is 0.0511 e. The third-order valence-corrected chi connectivity index (χ3v) is 3.84. The Hall–Kier alpha value is -1.28. The molecule has 2 aromatic carbocycles. The van der Waals surface area contributed by atoms with Crippen LogP contribution >= 0.6 is 15.9 Å². The molecule has 0 bridgehead atoms. The molecule has 0 atom stereocenters. The van der Waals surface area contributed by atoms with E-state index < -0.39 is 0 Å². The summed E-state index contributed by atoms with van der Waals surface area (Å²) < 4.78 is 1.14. The quantitative estimate of drug-likeness (QED) is 0.794. The summed E-state index contributed by atoms with van der Waals surface area (Å²) in [6, 6.07) is 15.0. The molecule has 2 heteroatoms. The van der Waals surface area contributed by atoms with Gasteiger partial charge in [-0.25, -0.2) is 0 Å². The summed E-state index contributed by atoms with van der Waals surface area (Å²) in [5.41, 5.74) is 5.27. The number of benzene rings is 2. The molecule has 18 heavy (non-hydrogen) atoms. The molecule has 2 rings (SSSR count). The summed E-state index contributed by atoms with van der Waals surface area (Å²) >= 11 is 3.60. The van der Waals surface area contributed by atoms with Crippen molar-refractivity contribution in [3.8, 4) is 0 Å². The molecule has 2 aromatic rings. The van der Waals surface area contributed by atoms with E-state index in [9.17, 15) is 0 Å². The van der Waals surface area contributed by atoms with E-state index in [1.165, 1.54) is 22.4 Å². The van der Waals surface area contributed by atoms with Crippen molar-refractivity contribution >= 4 is 21.6 Å². The van der Waals surface area contributed by atoms with Crippen LogP contribution in [0.25, 0.3) is 0 Å². The van der Waals surface area contributed by atoms with Gasteiger partial charge in [-0.15, -0.1) is 0 Å². The Bertz CT molecular complexity index is 549. The van der Waals surface area contributed by atoms with Crippen LogP contribution in [-0.2, 0) is 6.54 Å². The van der Waals surface area contributed by atoms with E-state index in [4.69, 9.17) is 0 Å². The Morgan fingerprint density at radius 1 is 1.06 bits per heavy atom. The molecule has 0 aromatic heterocycles. The molecule has 0 aliphatic rings. The van der Waals surface area contributed by atoms with Gasteiger partial charge in [0.2, 0.25) is 0 Å². The molecule has 0 spiro atoms. The van der Waals surface area contributed by atoms with E-state index in [1.54, 1.807) is 0 Å². The van der Waals surface area contributed by atoms with Gasteiger partial charge in [-0.3, -0.25) is 0 Å². The predicted molar refractivity (Wildman–Crippen MR) is 82.2 cm³/mol. The van der Waals surface area contributed by atoms with Gasteiger partial charge in [-0.2, -0.15) is 0 Å². The average molecular weight is 304 g/mol. The van der Waals surface area contributed by atoms with Gasteiger partial charge in [0.05, 0.1) is 5.69 Å². The summed E-state index contributed by atoms with van der Waals surface area (Å²) in [7, 11) is 2.12. The van der Waals surface area contributed by atoms with Crippen LogP contribution in [0, 0.1) is 13.8 Å². The van der Waals surface area contributed by atoms with Crippen molar-refractivity contribution in [3.63, 3.8) is 0 Å². The first-order valence-corrected chi connectivity index (χ1v) is 6.89. The molecule has 0 saturated carbocycles. The Kier molecular flexibility index (Phi) is 4.07. The van der Waals surface area contributed by atoms with Gasteiger partial charge in [-0.1, -0.05) is 35.9 Å². The van der Waals surface area contributed by atoms with Gasteiger partial charge in [0.25, 0.3) is 0 Å². The van der Waals surface area contributed by atoms with E-state index in [0.29, 0.717) is 0 Å². The van der Waals surface area contributed by atoms with Crippen LogP contribution in [0.1, 0.15) is 16.7 Å². The molecule has 0 heterocycles. The first kappa shape index (κ1) is 13.2. The SMILES string of the molecule is Cc1ccc(CN(C)c2ccccc2Br)c(C)c1. The molecule has 0 aliphatic carbocycles. The van der Waals surface area contributed by atoms with Gasteiger partial charge < -0.3 is 4.90 Å². The van der Waals surface area contributed by atoms with Crippen LogP contribution in [-0.4, -0.2) is 7.05 Å². The lowest BCUT2D eigenvalue weighted by molar-refractivity contribution is 0.910. The largest absolute Gasteiger partial charge is 0.369 e. The minimum atomic E-state index is 0.925. The van der Waals surface area contributed by atoms with E-state index in [1.807, 2.05) is 6.07 Å². The van der Waals surface area contributed by atoms with Crippen LogP contribution in [0.4, 0.5) is 5.69 Å². The number of rotatable bonds is 3. The Morgan fingerprint density at radius 3 is 2.44 bits per heavy atom. The summed E-state index contributed by atoms with van der Waals surface area (Å²) in [6.45, 7) is 5.24. The van der Waals surface area contributed by atoms with Gasteiger partial charge in [-0.05, 0) is 53.0 Å². The van der Waals surface area contributed by atoms with Crippen LogP contribution in [0.5, 0.6) is 0 Å². The maximum Gasteiger partial charge on any atom is 0.0511 e. The first-order valence-electron chi connectivity index (χ1n) is 6.09. The summed E-state index contributed by atoms with van der Waals surface area (Å²) in [5.74, 6) is 0. The fourth-order valence-electron chi connectivity index (χ4n) is 2.13. The highest BCUT2D eigenvalue weighted by Gasteiger charge is 2.07. The molecule has 0 fully saturated rings. The molecule has 0 saturated heterocycles. The number of anilines is 1. The summed E-state index contributed by atoms with van der Waals surface area (Å²) in [4.78, 5) is 2.27. The lowest BCUT2D eigenvalue weighted by Gasteiger charge is -2.22. The zero-order valence-electron chi connectivity index (χ0n) is 11.1. The van der Waals surface area contributed by atoms with Gasteiger partial charge >= 0.3 is 0 Å². The van der Waals surface area contributed by atoms with Crippen LogP contribution < -0.4 is 4.90 Å². The maximum atomic E-state index is 3.60. The van der Waals surface area contributed by atoms with Crippen LogP contribution in [0.15, 0.2) is 46.9 Å². The highest BCUT2D eigenvalue weighted by atomic mass is 79.9. The normalized spacial score (nSPS) is 10.4. The standard InChI is InChI=1S/C16H18BrN/c1-12-8-9-14(13(2)10-12)11-18(3)16-7-5-4-6-15(16)17/h4-10H,11H2,1-3H3. The van der Waals surface area contributed by atoms with Crippen molar-refractivity contribution in [1.82, 2.24) is 0 Å². The monoisotopic (exact) mass is 303 g/mol. The van der Waals surface area contributed by atoms with E-state index in [-0.39, 0.29) is 0 Å². The Morgan fingerprint density at radius 2 is 1.78 bits per heavy atom. The predicted octanol–water partition coefficient (Wildman–Crippen LogP) is 4.70. The van der Waals surface area contributed by atoms with Crippen molar-refractivity contribution in [2.75, 3.05) is 11.9 Å². The first-order chi connectivity index (χ1) is 8.58. The molecule has 0 radical (unpaired) electrons. The number of hydrogen-bond acceptors (Lipinski definition) is 1. The second-order valence-electron chi connectivity index (χ2n) is 4.74. The zero-order valence-corrected chi connectivity index (χ0v) is 12.7. The van der Waals surface area contributed by atoms with Crippen molar-refractivity contribution < 1.29 is 0 Å². The third kappa shape index (κ3) is 2.94. The molecule has 94 valence electrons. The average Bonchev–Trinajstić information content (AvgIpc) is 2.33. The lowest BCUT2D eigenvalue weighted by atomic mass is 10.1. The van der Waals surface area contributed by atoms with Crippen LogP contribution in [0.2, 0.25) is 0 Å². The number of aryl methyl sites for hydroxylation is 2. The fourth-order valence-corrected chi connectivity index (χ4v) is 2.71. The van der Waals surface area contributed by atoms with Gasteiger partial charge in [0, 0.05) is 18.1 Å². The fraction of sp³-hybridized carbons (Fsp3) is 0.250. The minimum Gasteiger partial charge on any atom is -0.369 e. The number of hydrogen-bond donors (Lipinski definition) is 0. The minimum absolute atomic E-state index is 0.925. The highest BCUT2D eigenvalue weighted by Crippen LogP contribution is 2.26. The third-order valence-electron chi connectivity index (χ3n) is 3.17. The topological polar surface area (TPSA) is 3.24 Å². The van der Waals surface area contributed by atoms with Crippen molar-refractivity contribution in [2.45, 2.75) is 20.4 Å². The van der Waals surface area contributed by atoms with Crippen molar-refractivity contribution in [3.05, 3.63) is 63.6 Å². The van der Waals surface area contributed by atoms with Crippen molar-refractivity contribution in [1.29, 1.82) is 0 Å². The number of halogens is 1. The summed E-state index contributed by atoms with van der Waals surface area (Å²) in [5, 5.41) is 0. The Balaban J connectivity index is 2.21.